The Balaban J connectivity index is 3.95. The van der Waals surface area contributed by atoms with Gasteiger partial charge in [-0.25, -0.2) is 0 Å². The summed E-state index contributed by atoms with van der Waals surface area (Å²) in [6.07, 6.45) is 88.3. The van der Waals surface area contributed by atoms with E-state index in [1.54, 1.807) is 0 Å². The highest BCUT2D eigenvalue weighted by Gasteiger charge is 2.22. The molecular weight excluding hydrogens is 1100 g/mol. The van der Waals surface area contributed by atoms with Crippen molar-refractivity contribution in [3.8, 4) is 0 Å². The summed E-state index contributed by atoms with van der Waals surface area (Å²) in [5, 5.41) is 0. The van der Waals surface area contributed by atoms with Crippen LogP contribution in [0.3, 0.4) is 0 Å². The van der Waals surface area contributed by atoms with Crippen molar-refractivity contribution in [3.63, 3.8) is 0 Å². The highest BCUT2D eigenvalue weighted by Crippen LogP contribution is 2.38. The zero-order valence-corrected chi connectivity index (χ0v) is 59.6. The molecule has 0 aromatic heterocycles. The number of phosphoric ester groups is 1. The molecule has 2 atom stereocenters. The fourth-order valence-corrected chi connectivity index (χ4v) is 12.3. The summed E-state index contributed by atoms with van der Waals surface area (Å²) < 4.78 is 34.4. The van der Waals surface area contributed by atoms with Crippen LogP contribution in [0.15, 0.2) is 36.5 Å². The molecule has 10 heteroatoms. The van der Waals surface area contributed by atoms with Crippen molar-refractivity contribution in [3.05, 3.63) is 36.5 Å². The highest BCUT2D eigenvalue weighted by atomic mass is 31.2. The Kier molecular flexibility index (Phi) is 67.2. The minimum absolute atomic E-state index is 0.0279. The zero-order chi connectivity index (χ0) is 63.4. The van der Waals surface area contributed by atoms with E-state index in [4.69, 9.17) is 18.5 Å². The number of ether oxygens (including phenoxy) is 2. The molecule has 0 aromatic rings. The van der Waals surface area contributed by atoms with Gasteiger partial charge < -0.3 is 27.9 Å². The molecule has 514 valence electrons. The molecule has 0 aliphatic heterocycles. The lowest BCUT2D eigenvalue weighted by atomic mass is 10.0. The smallest absolute Gasteiger partial charge is 0.306 e. The second-order valence-electron chi connectivity index (χ2n) is 27.4. The van der Waals surface area contributed by atoms with E-state index in [2.05, 4.69) is 50.3 Å². The molecule has 0 saturated carbocycles. The monoisotopic (exact) mass is 1250 g/mol. The number of hydrogen-bond acceptors (Lipinski definition) is 8. The van der Waals surface area contributed by atoms with Gasteiger partial charge in [-0.05, 0) is 51.4 Å². The van der Waals surface area contributed by atoms with Gasteiger partial charge in [0.15, 0.2) is 6.10 Å². The number of likely N-dealkylation sites (N-methyl/N-ethyl adjacent to an activating group) is 1. The quantitative estimate of drug-likeness (QED) is 0.0195. The van der Waals surface area contributed by atoms with Crippen LogP contribution in [-0.2, 0) is 32.7 Å². The maximum absolute atomic E-state index is 12.9. The third kappa shape index (κ3) is 73.2. The molecule has 0 aliphatic rings. The second-order valence-corrected chi connectivity index (χ2v) is 28.8. The van der Waals surface area contributed by atoms with Crippen LogP contribution < -0.4 is 4.89 Å². The summed E-state index contributed by atoms with van der Waals surface area (Å²) in [6, 6.07) is 0. The Morgan fingerprint density at radius 3 is 0.920 bits per heavy atom. The standard InChI is InChI=1S/C77H148NO8P/c1-6-8-10-12-14-16-18-20-22-24-26-28-30-32-34-36-38-40-41-43-45-47-49-51-53-55-57-59-61-63-65-67-69-76(79)83-73-75(74-85-87(81,82)84-72-71-78(3,4)5)86-77(80)70-68-66-64-62-60-58-56-54-52-50-48-46-44-42-39-37-35-33-31-29-27-25-23-21-19-17-15-13-11-9-7-2/h19,21,25,27,31,33,75H,6-18,20,22-24,26,28-30,32,34-74H2,1-5H3/b21-19-,27-25-,33-31-. The summed E-state index contributed by atoms with van der Waals surface area (Å²) in [6.45, 7) is 4.31. The Labute approximate surface area is 541 Å². The molecule has 0 bridgehead atoms. The Morgan fingerprint density at radius 2 is 0.621 bits per heavy atom. The minimum Gasteiger partial charge on any atom is -0.756 e. The van der Waals surface area contributed by atoms with Crippen LogP contribution in [0.5, 0.6) is 0 Å². The third-order valence-corrected chi connectivity index (χ3v) is 18.4. The van der Waals surface area contributed by atoms with E-state index in [0.29, 0.717) is 17.4 Å². The fourth-order valence-electron chi connectivity index (χ4n) is 11.6. The molecule has 9 nitrogen and oxygen atoms in total. The van der Waals surface area contributed by atoms with Crippen molar-refractivity contribution < 1.29 is 42.1 Å². The van der Waals surface area contributed by atoms with Gasteiger partial charge in [-0.2, -0.15) is 0 Å². The van der Waals surface area contributed by atoms with Crippen LogP contribution in [0.1, 0.15) is 393 Å². The van der Waals surface area contributed by atoms with Gasteiger partial charge in [0, 0.05) is 12.8 Å². The number of nitrogens with zero attached hydrogens (tertiary/aromatic N) is 1. The van der Waals surface area contributed by atoms with Gasteiger partial charge in [0.25, 0.3) is 7.82 Å². The number of esters is 2. The Morgan fingerprint density at radius 1 is 0.356 bits per heavy atom. The number of carbonyl (C=O) groups is 2. The number of quaternary nitrogens is 1. The largest absolute Gasteiger partial charge is 0.756 e. The summed E-state index contributed by atoms with van der Waals surface area (Å²) in [5.41, 5.74) is 0. The number of allylic oxidation sites excluding steroid dienone is 6. The molecule has 87 heavy (non-hydrogen) atoms. The first-order valence-corrected chi connectivity index (χ1v) is 39.7. The molecule has 2 unspecified atom stereocenters. The molecule has 0 rings (SSSR count). The number of hydrogen-bond donors (Lipinski definition) is 0. The van der Waals surface area contributed by atoms with Crippen molar-refractivity contribution in [2.75, 3.05) is 47.5 Å². The highest BCUT2D eigenvalue weighted by molar-refractivity contribution is 7.45. The number of carbonyl (C=O) groups excluding carboxylic acids is 2. The predicted molar refractivity (Wildman–Crippen MR) is 374 cm³/mol. The van der Waals surface area contributed by atoms with E-state index in [1.807, 2.05) is 21.1 Å². The average molecular weight is 1250 g/mol. The third-order valence-electron chi connectivity index (χ3n) is 17.4. The Hall–Kier alpha value is -1.77. The van der Waals surface area contributed by atoms with Crippen molar-refractivity contribution in [2.24, 2.45) is 0 Å². The number of rotatable bonds is 72. The van der Waals surface area contributed by atoms with Crippen LogP contribution in [0, 0.1) is 0 Å². The first kappa shape index (κ1) is 85.2. The number of phosphoric acid groups is 1. The van der Waals surface area contributed by atoms with Crippen LogP contribution >= 0.6 is 7.82 Å². The first-order valence-electron chi connectivity index (χ1n) is 38.2. The summed E-state index contributed by atoms with van der Waals surface area (Å²) in [4.78, 5) is 38.1. The average Bonchev–Trinajstić information content (AvgIpc) is 3.62. The first-order chi connectivity index (χ1) is 42.5. The lowest BCUT2D eigenvalue weighted by Crippen LogP contribution is -2.37. The van der Waals surface area contributed by atoms with Gasteiger partial charge in [-0.1, -0.05) is 365 Å². The van der Waals surface area contributed by atoms with Gasteiger partial charge >= 0.3 is 11.9 Å². The normalized spacial score (nSPS) is 13.2. The van der Waals surface area contributed by atoms with Crippen LogP contribution in [0.2, 0.25) is 0 Å². The van der Waals surface area contributed by atoms with E-state index >= 15 is 0 Å². The lowest BCUT2D eigenvalue weighted by molar-refractivity contribution is -0.870. The molecule has 0 radical (unpaired) electrons. The van der Waals surface area contributed by atoms with Gasteiger partial charge in [0.05, 0.1) is 27.7 Å². The SMILES string of the molecule is CCCCCCC/C=C\C/C=C\C/C=C\CCCCCCCCCCCCCCCCCCC(=O)OC(COC(=O)CCCCCCCCCCCCCCCCCCCCCCCCCCCCCCCCCC)COP(=O)([O-])OCC[N+](C)(C)C. The van der Waals surface area contributed by atoms with Crippen molar-refractivity contribution in [1.29, 1.82) is 0 Å². The molecule has 0 saturated heterocycles. The molecule has 0 heterocycles. The van der Waals surface area contributed by atoms with Crippen LogP contribution in [0.25, 0.3) is 0 Å². The van der Waals surface area contributed by atoms with Crippen LogP contribution in [-0.4, -0.2) is 70.0 Å². The maximum Gasteiger partial charge on any atom is 0.306 e. The van der Waals surface area contributed by atoms with Crippen molar-refractivity contribution in [1.82, 2.24) is 0 Å². The van der Waals surface area contributed by atoms with E-state index in [-0.39, 0.29) is 32.0 Å². The molecule has 0 fully saturated rings. The summed E-state index contributed by atoms with van der Waals surface area (Å²) in [5.74, 6) is -0.810. The maximum atomic E-state index is 12.9. The van der Waals surface area contributed by atoms with Gasteiger partial charge in [0.1, 0.15) is 19.8 Å². The fraction of sp³-hybridized carbons (Fsp3) is 0.896. The van der Waals surface area contributed by atoms with Crippen molar-refractivity contribution >= 4 is 19.8 Å². The van der Waals surface area contributed by atoms with E-state index in [1.165, 1.54) is 308 Å². The zero-order valence-electron chi connectivity index (χ0n) is 58.7. The molecule has 0 N–H and O–H groups in total. The van der Waals surface area contributed by atoms with Gasteiger partial charge in [0.2, 0.25) is 0 Å². The van der Waals surface area contributed by atoms with E-state index in [0.717, 1.165) is 51.4 Å². The summed E-state index contributed by atoms with van der Waals surface area (Å²) in [7, 11) is 1.19. The molecule has 0 aromatic carbocycles. The van der Waals surface area contributed by atoms with E-state index < -0.39 is 26.5 Å². The molecule has 0 amide bonds. The lowest BCUT2D eigenvalue weighted by Gasteiger charge is -2.28. The van der Waals surface area contributed by atoms with Gasteiger partial charge in [-0.15, -0.1) is 0 Å². The minimum atomic E-state index is -4.64. The van der Waals surface area contributed by atoms with Crippen LogP contribution in [0.4, 0.5) is 0 Å². The predicted octanol–water partition coefficient (Wildman–Crippen LogP) is 24.4. The molecule has 0 aliphatic carbocycles. The second kappa shape index (κ2) is 68.6. The number of unbranched alkanes of at least 4 members (excludes halogenated alkanes) is 52. The molecular formula is C77H148NO8P. The topological polar surface area (TPSA) is 111 Å². The van der Waals surface area contributed by atoms with Gasteiger partial charge in [-0.3, -0.25) is 14.2 Å². The van der Waals surface area contributed by atoms with Crippen molar-refractivity contribution in [2.45, 2.75) is 399 Å². The molecule has 0 spiro atoms. The van der Waals surface area contributed by atoms with E-state index in [9.17, 15) is 19.0 Å². The summed E-state index contributed by atoms with van der Waals surface area (Å²) >= 11 is 0. The Bertz CT molecular complexity index is 1560.